The summed E-state index contributed by atoms with van der Waals surface area (Å²) in [6.45, 7) is 9.74. The van der Waals surface area contributed by atoms with Gasteiger partial charge >= 0.3 is 0 Å². The van der Waals surface area contributed by atoms with Crippen LogP contribution in [0.1, 0.15) is 79.1 Å². The van der Waals surface area contributed by atoms with Crippen molar-refractivity contribution in [1.82, 2.24) is 0 Å². The van der Waals surface area contributed by atoms with Gasteiger partial charge in [-0.25, -0.2) is 0 Å². The monoisotopic (exact) mass is 380 g/mol. The van der Waals surface area contributed by atoms with Gasteiger partial charge in [0.05, 0.1) is 4.83 Å². The highest BCUT2D eigenvalue weighted by atomic mass is 79.9. The van der Waals surface area contributed by atoms with E-state index in [0.29, 0.717) is 17.1 Å². The predicted octanol–water partition coefficient (Wildman–Crippen LogP) is 6.00. The van der Waals surface area contributed by atoms with Gasteiger partial charge in [-0.1, -0.05) is 50.0 Å². The van der Waals surface area contributed by atoms with Crippen LogP contribution < -0.4 is 0 Å². The van der Waals surface area contributed by atoms with E-state index in [1.54, 1.807) is 0 Å². The molecule has 0 heterocycles. The number of hydrogen-bond donors (Lipinski definition) is 0. The number of hydrogen-bond acceptors (Lipinski definition) is 1. The maximum atomic E-state index is 12.8. The molecule has 23 heavy (non-hydrogen) atoms. The molecule has 5 unspecified atom stereocenters. The smallest absolute Gasteiger partial charge is 0.147 e. The van der Waals surface area contributed by atoms with Crippen LogP contribution in [0.3, 0.4) is 0 Å². The summed E-state index contributed by atoms with van der Waals surface area (Å²) in [4.78, 5) is 12.8. The number of fused-ring (bicyclic) bond motifs is 5. The van der Waals surface area contributed by atoms with Crippen LogP contribution in [0.4, 0.5) is 0 Å². The van der Waals surface area contributed by atoms with Gasteiger partial charge in [-0.15, -0.1) is 0 Å². The van der Waals surface area contributed by atoms with E-state index in [2.05, 4.69) is 43.6 Å². The van der Waals surface area contributed by atoms with Gasteiger partial charge in [-0.05, 0) is 78.4 Å². The second-order valence-corrected chi connectivity index (χ2v) is 11.3. The molecule has 4 saturated carbocycles. The van der Waals surface area contributed by atoms with E-state index in [1.165, 1.54) is 44.9 Å². The molecule has 0 aromatic carbocycles. The van der Waals surface area contributed by atoms with E-state index in [9.17, 15) is 4.79 Å². The molecule has 0 aromatic rings. The molecule has 4 fully saturated rings. The van der Waals surface area contributed by atoms with Crippen molar-refractivity contribution in [3.63, 3.8) is 0 Å². The highest BCUT2D eigenvalue weighted by Crippen LogP contribution is 2.68. The number of carbonyl (C=O) groups excluding carboxylic acids is 1. The predicted molar refractivity (Wildman–Crippen MR) is 98.6 cm³/mol. The molecule has 2 heteroatoms. The molecule has 0 bridgehead atoms. The summed E-state index contributed by atoms with van der Waals surface area (Å²) < 4.78 is 0. The second kappa shape index (κ2) is 5.08. The Morgan fingerprint density at radius 2 is 1.70 bits per heavy atom. The van der Waals surface area contributed by atoms with Crippen molar-refractivity contribution in [2.24, 2.45) is 39.9 Å². The summed E-state index contributed by atoms with van der Waals surface area (Å²) in [5.41, 5.74) is 0.972. The Balaban J connectivity index is 1.70. The quantitative estimate of drug-likeness (QED) is 0.471. The van der Waals surface area contributed by atoms with Crippen molar-refractivity contribution in [1.29, 1.82) is 0 Å². The van der Waals surface area contributed by atoms with Gasteiger partial charge < -0.3 is 0 Å². The van der Waals surface area contributed by atoms with Crippen molar-refractivity contribution in [3.05, 3.63) is 0 Å². The van der Waals surface area contributed by atoms with Crippen LogP contribution in [-0.2, 0) is 4.79 Å². The lowest BCUT2D eigenvalue weighted by Gasteiger charge is -2.63. The third-order valence-corrected chi connectivity index (χ3v) is 10.7. The summed E-state index contributed by atoms with van der Waals surface area (Å²) in [5.74, 6) is 3.80. The molecule has 130 valence electrons. The zero-order valence-corrected chi connectivity index (χ0v) is 16.9. The van der Waals surface area contributed by atoms with E-state index in [4.69, 9.17) is 0 Å². The van der Waals surface area contributed by atoms with Crippen molar-refractivity contribution >= 4 is 21.7 Å². The maximum Gasteiger partial charge on any atom is 0.147 e. The Morgan fingerprint density at radius 3 is 2.43 bits per heavy atom. The fourth-order valence-electron chi connectivity index (χ4n) is 7.98. The van der Waals surface area contributed by atoms with E-state index in [-0.39, 0.29) is 15.7 Å². The topological polar surface area (TPSA) is 17.1 Å². The molecule has 1 nitrogen and oxygen atoms in total. The third-order valence-electron chi connectivity index (χ3n) is 9.04. The van der Waals surface area contributed by atoms with Gasteiger partial charge in [0.25, 0.3) is 0 Å². The minimum atomic E-state index is 0.0601. The molecular weight excluding hydrogens is 348 g/mol. The molecule has 7 atom stereocenters. The molecule has 4 aliphatic carbocycles. The zero-order valence-electron chi connectivity index (χ0n) is 15.3. The van der Waals surface area contributed by atoms with Gasteiger partial charge in [0.2, 0.25) is 0 Å². The largest absolute Gasteiger partial charge is 0.298 e. The molecule has 0 radical (unpaired) electrons. The van der Waals surface area contributed by atoms with Crippen LogP contribution in [0.2, 0.25) is 0 Å². The Morgan fingerprint density at radius 1 is 0.957 bits per heavy atom. The van der Waals surface area contributed by atoms with Crippen LogP contribution in [-0.4, -0.2) is 10.6 Å². The van der Waals surface area contributed by atoms with Crippen LogP contribution in [0, 0.1) is 39.9 Å². The Labute approximate surface area is 150 Å². The van der Waals surface area contributed by atoms with Gasteiger partial charge in [-0.3, -0.25) is 4.79 Å². The lowest BCUT2D eigenvalue weighted by Crippen LogP contribution is -2.60. The first-order valence-electron chi connectivity index (χ1n) is 9.87. The number of halogens is 1. The Kier molecular flexibility index (Phi) is 3.67. The van der Waals surface area contributed by atoms with Crippen LogP contribution in [0.5, 0.6) is 0 Å². The van der Waals surface area contributed by atoms with Crippen LogP contribution >= 0.6 is 15.9 Å². The molecule has 0 saturated heterocycles. The summed E-state index contributed by atoms with van der Waals surface area (Å²) in [6.07, 6.45) is 10.7. The Hall–Kier alpha value is 0.150. The van der Waals surface area contributed by atoms with Gasteiger partial charge in [0.15, 0.2) is 0 Å². The highest BCUT2D eigenvalue weighted by Gasteiger charge is 2.63. The van der Waals surface area contributed by atoms with Crippen molar-refractivity contribution in [2.75, 3.05) is 0 Å². The van der Waals surface area contributed by atoms with Crippen molar-refractivity contribution < 1.29 is 4.79 Å². The first kappa shape index (κ1) is 16.6. The van der Waals surface area contributed by atoms with Gasteiger partial charge in [-0.2, -0.15) is 0 Å². The first-order chi connectivity index (χ1) is 10.7. The summed E-state index contributed by atoms with van der Waals surface area (Å²) in [5, 5.41) is 0. The molecule has 0 aliphatic heterocycles. The third kappa shape index (κ3) is 2.12. The standard InChI is InChI=1S/C21H33BrO/c1-19(2)17-8-7-13-14-6-5-10-20(14,3)11-9-15(13)21(17,4)12-16(23)18(19)22/h13-15,17-18H,5-12H2,1-4H3/t13?,14?,15?,17-,18+,20?,21?/m0/s1. The average molecular weight is 381 g/mol. The molecule has 4 aliphatic rings. The van der Waals surface area contributed by atoms with Gasteiger partial charge in [0.1, 0.15) is 5.78 Å². The number of alkyl halides is 1. The normalized spacial score (nSPS) is 55.0. The number of Topliss-reactive ketones (excluding diaryl/α,β-unsaturated/α-hetero) is 1. The minimum absolute atomic E-state index is 0.0601. The first-order valence-corrected chi connectivity index (χ1v) is 10.8. The number of rotatable bonds is 0. The fourth-order valence-corrected chi connectivity index (χ4v) is 8.46. The van der Waals surface area contributed by atoms with Crippen LogP contribution in [0.25, 0.3) is 0 Å². The van der Waals surface area contributed by atoms with Crippen molar-refractivity contribution in [2.45, 2.75) is 83.9 Å². The molecule has 0 amide bonds. The lowest BCUT2D eigenvalue weighted by atomic mass is 9.41. The minimum Gasteiger partial charge on any atom is -0.298 e. The molecule has 0 spiro atoms. The van der Waals surface area contributed by atoms with Gasteiger partial charge in [0, 0.05) is 6.42 Å². The van der Waals surface area contributed by atoms with Crippen LogP contribution in [0.15, 0.2) is 0 Å². The molecule has 4 rings (SSSR count). The second-order valence-electron chi connectivity index (χ2n) is 10.4. The Bertz CT molecular complexity index is 526. The van der Waals surface area contributed by atoms with E-state index in [1.807, 2.05) is 0 Å². The summed E-state index contributed by atoms with van der Waals surface area (Å²) in [6, 6.07) is 0. The highest BCUT2D eigenvalue weighted by molar-refractivity contribution is 9.10. The lowest BCUT2D eigenvalue weighted by molar-refractivity contribution is -0.156. The van der Waals surface area contributed by atoms with E-state index in [0.717, 1.165) is 24.2 Å². The number of carbonyl (C=O) groups is 1. The zero-order chi connectivity index (χ0) is 16.6. The average Bonchev–Trinajstić information content (AvgIpc) is 2.86. The van der Waals surface area contributed by atoms with E-state index >= 15 is 0 Å². The van der Waals surface area contributed by atoms with Crippen molar-refractivity contribution in [3.8, 4) is 0 Å². The molecule has 0 N–H and O–H groups in total. The molecule has 0 aromatic heterocycles. The van der Waals surface area contributed by atoms with E-state index < -0.39 is 0 Å². The summed E-state index contributed by atoms with van der Waals surface area (Å²) in [7, 11) is 0. The SMILES string of the molecule is CC12CCCC1C1CC[C@@H]3C(C)(CC(=O)[C@@H](Br)C3(C)C)C1CC2. The number of ketones is 1. The summed E-state index contributed by atoms with van der Waals surface area (Å²) >= 11 is 3.75. The fraction of sp³-hybridized carbons (Fsp3) is 0.952. The molecular formula is C21H33BrO. The maximum absolute atomic E-state index is 12.8.